The van der Waals surface area contributed by atoms with Gasteiger partial charge in [0.25, 0.3) is 0 Å². The second-order valence-electron chi connectivity index (χ2n) is 3.73. The van der Waals surface area contributed by atoms with E-state index in [1.807, 2.05) is 0 Å². The van der Waals surface area contributed by atoms with Crippen LogP contribution in [0.1, 0.15) is 21.0 Å². The van der Waals surface area contributed by atoms with Crippen molar-refractivity contribution >= 4 is 67.0 Å². The van der Waals surface area contributed by atoms with Gasteiger partial charge in [-0.2, -0.15) is 0 Å². The predicted molar refractivity (Wildman–Crippen MR) is 92.2 cm³/mol. The monoisotopic (exact) mass is 484 g/mol. The molecule has 0 saturated heterocycles. The Morgan fingerprint density at radius 3 is 1.83 bits per heavy atom. The third kappa shape index (κ3) is 6.06. The van der Waals surface area contributed by atoms with Gasteiger partial charge in [-0.15, -0.1) is 0 Å². The van der Waals surface area contributed by atoms with E-state index >= 15 is 0 Å². The molecule has 2 aromatic heterocycles. The molecule has 2 heterocycles. The summed E-state index contributed by atoms with van der Waals surface area (Å²) >= 11 is 17.2. The van der Waals surface area contributed by atoms with Gasteiger partial charge in [-0.3, -0.25) is 0 Å². The molecular formula is C13H8Br2Cl2N2O4. The van der Waals surface area contributed by atoms with E-state index in [1.54, 1.807) is 18.2 Å². The SMILES string of the molecule is COC(=O)c1nc(Cl)ccc1Br.O=C(O)c1nc(Cl)ccc1Br. The molecule has 6 nitrogen and oxygen atoms in total. The first-order valence-electron chi connectivity index (χ1n) is 5.72. The number of hydrogen-bond acceptors (Lipinski definition) is 5. The summed E-state index contributed by atoms with van der Waals surface area (Å²) in [6.45, 7) is 0. The van der Waals surface area contributed by atoms with Crippen molar-refractivity contribution in [1.82, 2.24) is 9.97 Å². The molecule has 122 valence electrons. The van der Waals surface area contributed by atoms with Crippen LogP contribution < -0.4 is 0 Å². The number of carbonyl (C=O) groups is 2. The molecule has 0 unspecified atom stereocenters. The number of nitrogens with zero attached hydrogens (tertiary/aromatic N) is 2. The number of pyridine rings is 2. The lowest BCUT2D eigenvalue weighted by Gasteiger charge is -2.00. The van der Waals surface area contributed by atoms with Crippen LogP contribution in [0.2, 0.25) is 10.3 Å². The molecule has 0 atom stereocenters. The number of hydrogen-bond donors (Lipinski definition) is 1. The van der Waals surface area contributed by atoms with E-state index in [4.69, 9.17) is 28.3 Å². The van der Waals surface area contributed by atoms with Crippen LogP contribution in [0.25, 0.3) is 0 Å². The minimum Gasteiger partial charge on any atom is -0.476 e. The van der Waals surface area contributed by atoms with Crippen LogP contribution in [0.15, 0.2) is 33.2 Å². The van der Waals surface area contributed by atoms with Gasteiger partial charge in [0.15, 0.2) is 11.4 Å². The number of ether oxygens (including phenoxy) is 1. The van der Waals surface area contributed by atoms with Gasteiger partial charge >= 0.3 is 11.9 Å². The van der Waals surface area contributed by atoms with Crippen molar-refractivity contribution in [3.63, 3.8) is 0 Å². The average molecular weight is 487 g/mol. The van der Waals surface area contributed by atoms with E-state index in [2.05, 4.69) is 46.6 Å². The highest BCUT2D eigenvalue weighted by Gasteiger charge is 2.12. The van der Waals surface area contributed by atoms with Crippen LogP contribution in [-0.4, -0.2) is 34.1 Å². The van der Waals surface area contributed by atoms with Crippen molar-refractivity contribution < 1.29 is 19.4 Å². The fourth-order valence-corrected chi connectivity index (χ4v) is 2.29. The number of rotatable bonds is 2. The van der Waals surface area contributed by atoms with Gasteiger partial charge in [0, 0.05) is 0 Å². The molecule has 0 aliphatic heterocycles. The van der Waals surface area contributed by atoms with Crippen molar-refractivity contribution in [3.05, 3.63) is 54.9 Å². The maximum Gasteiger partial charge on any atom is 0.357 e. The second kappa shape index (κ2) is 9.17. The Morgan fingerprint density at radius 2 is 1.43 bits per heavy atom. The maximum atomic E-state index is 11.0. The number of carboxylic acid groups (broad SMARTS) is 1. The predicted octanol–water partition coefficient (Wildman–Crippen LogP) is 4.48. The molecule has 2 rings (SSSR count). The number of carboxylic acids is 1. The Kier molecular flexibility index (Phi) is 7.90. The van der Waals surface area contributed by atoms with Crippen LogP contribution in [0.3, 0.4) is 0 Å². The Bertz CT molecular complexity index is 744. The molecule has 0 aliphatic rings. The summed E-state index contributed by atoms with van der Waals surface area (Å²) in [6, 6.07) is 6.27. The van der Waals surface area contributed by atoms with E-state index in [1.165, 1.54) is 13.2 Å². The fraction of sp³-hybridized carbons (Fsp3) is 0.0769. The zero-order valence-electron chi connectivity index (χ0n) is 11.4. The normalized spacial score (nSPS) is 9.61. The fourth-order valence-electron chi connectivity index (χ4n) is 1.23. The lowest BCUT2D eigenvalue weighted by atomic mass is 10.3. The summed E-state index contributed by atoms with van der Waals surface area (Å²) < 4.78 is 5.48. The first-order valence-corrected chi connectivity index (χ1v) is 8.06. The molecule has 0 saturated carbocycles. The quantitative estimate of drug-likeness (QED) is 0.497. The topological polar surface area (TPSA) is 89.4 Å². The molecule has 0 fully saturated rings. The largest absolute Gasteiger partial charge is 0.476 e. The highest BCUT2D eigenvalue weighted by Crippen LogP contribution is 2.18. The highest BCUT2D eigenvalue weighted by molar-refractivity contribution is 9.10. The lowest BCUT2D eigenvalue weighted by Crippen LogP contribution is -2.05. The number of carbonyl (C=O) groups excluding carboxylic acids is 1. The molecular weight excluding hydrogens is 479 g/mol. The van der Waals surface area contributed by atoms with E-state index in [9.17, 15) is 9.59 Å². The van der Waals surface area contributed by atoms with E-state index in [-0.39, 0.29) is 21.7 Å². The first kappa shape index (κ1) is 19.8. The van der Waals surface area contributed by atoms with Crippen molar-refractivity contribution in [1.29, 1.82) is 0 Å². The van der Waals surface area contributed by atoms with Gasteiger partial charge < -0.3 is 9.84 Å². The summed E-state index contributed by atoms with van der Waals surface area (Å²) in [4.78, 5) is 28.8. The zero-order chi connectivity index (χ0) is 17.6. The summed E-state index contributed by atoms with van der Waals surface area (Å²) in [6.07, 6.45) is 0. The second-order valence-corrected chi connectivity index (χ2v) is 6.21. The minimum absolute atomic E-state index is 0.0718. The molecule has 23 heavy (non-hydrogen) atoms. The summed E-state index contributed by atoms with van der Waals surface area (Å²) in [5.41, 5.74) is 0.113. The summed E-state index contributed by atoms with van der Waals surface area (Å²) in [5, 5.41) is 8.97. The molecule has 0 amide bonds. The van der Waals surface area contributed by atoms with Crippen LogP contribution in [0.5, 0.6) is 0 Å². The summed E-state index contributed by atoms with van der Waals surface area (Å²) in [5.74, 6) is -1.61. The van der Waals surface area contributed by atoms with Crippen LogP contribution in [0.4, 0.5) is 0 Å². The van der Waals surface area contributed by atoms with Gasteiger partial charge in [0.2, 0.25) is 0 Å². The van der Waals surface area contributed by atoms with Gasteiger partial charge in [-0.05, 0) is 56.1 Å². The van der Waals surface area contributed by atoms with Crippen molar-refractivity contribution in [2.75, 3.05) is 7.11 Å². The minimum atomic E-state index is -1.10. The smallest absolute Gasteiger partial charge is 0.357 e. The lowest BCUT2D eigenvalue weighted by molar-refractivity contribution is 0.0592. The highest BCUT2D eigenvalue weighted by atomic mass is 79.9. The van der Waals surface area contributed by atoms with Gasteiger partial charge in [0.05, 0.1) is 16.1 Å². The third-order valence-electron chi connectivity index (χ3n) is 2.21. The molecule has 10 heteroatoms. The number of methoxy groups -OCH3 is 1. The first-order chi connectivity index (χ1) is 10.8. The molecule has 2 aromatic rings. The molecule has 0 bridgehead atoms. The molecule has 0 aromatic carbocycles. The van der Waals surface area contributed by atoms with Crippen LogP contribution >= 0.6 is 55.1 Å². The van der Waals surface area contributed by atoms with Gasteiger partial charge in [0.1, 0.15) is 10.3 Å². The van der Waals surface area contributed by atoms with Gasteiger partial charge in [-0.25, -0.2) is 19.6 Å². The van der Waals surface area contributed by atoms with Crippen molar-refractivity contribution in [2.24, 2.45) is 0 Å². The maximum absolute atomic E-state index is 11.0. The number of halogens is 4. The average Bonchev–Trinajstić information content (AvgIpc) is 2.51. The summed E-state index contributed by atoms with van der Waals surface area (Å²) in [7, 11) is 1.29. The Balaban J connectivity index is 0.000000231. The van der Waals surface area contributed by atoms with Crippen LogP contribution in [-0.2, 0) is 4.74 Å². The number of esters is 1. The van der Waals surface area contributed by atoms with E-state index in [0.717, 1.165) is 0 Å². The van der Waals surface area contributed by atoms with Crippen LogP contribution in [0, 0.1) is 0 Å². The van der Waals surface area contributed by atoms with Crippen molar-refractivity contribution in [2.45, 2.75) is 0 Å². The van der Waals surface area contributed by atoms with E-state index < -0.39 is 11.9 Å². The molecule has 0 radical (unpaired) electrons. The molecule has 1 N–H and O–H groups in total. The Labute approximate surface area is 158 Å². The van der Waals surface area contributed by atoms with Crippen molar-refractivity contribution in [3.8, 4) is 0 Å². The zero-order valence-corrected chi connectivity index (χ0v) is 16.1. The Morgan fingerprint density at radius 1 is 1.00 bits per heavy atom. The van der Waals surface area contributed by atoms with Gasteiger partial charge in [-0.1, -0.05) is 23.2 Å². The number of aromatic nitrogens is 2. The Hall–Kier alpha value is -1.22. The molecule has 0 spiro atoms. The third-order valence-corrected chi connectivity index (χ3v) is 3.91. The van der Waals surface area contributed by atoms with E-state index in [0.29, 0.717) is 8.95 Å². The number of aromatic carboxylic acids is 1. The standard InChI is InChI=1S/C7H5BrClNO2.C6H3BrClNO2/c1-12-7(11)6-4(8)2-3-5(9)10-6;7-3-1-2-4(8)9-5(3)6(10)11/h2-3H,1H3;1-2H,(H,10,11). The molecule has 0 aliphatic carbocycles.